The van der Waals surface area contributed by atoms with Crippen LogP contribution in [0.2, 0.25) is 0 Å². The van der Waals surface area contributed by atoms with Crippen LogP contribution in [0.4, 0.5) is 11.5 Å². The molecule has 1 aliphatic rings. The molecule has 2 heterocycles. The van der Waals surface area contributed by atoms with E-state index >= 15 is 0 Å². The molecule has 0 saturated carbocycles. The maximum absolute atomic E-state index is 5.50. The second-order valence-corrected chi connectivity index (χ2v) is 6.36. The summed E-state index contributed by atoms with van der Waals surface area (Å²) in [7, 11) is 0. The summed E-state index contributed by atoms with van der Waals surface area (Å²) >= 11 is 5.50. The SMILES string of the molecule is Cc1cccc(NC(=S)CN2CCN(c3ccccn3)CC2)c1. The average molecular weight is 326 g/mol. The minimum Gasteiger partial charge on any atom is -0.354 e. The van der Waals surface area contributed by atoms with E-state index in [2.05, 4.69) is 51.3 Å². The number of benzene rings is 1. The normalized spacial score (nSPS) is 15.4. The third kappa shape index (κ3) is 4.50. The molecule has 0 aliphatic carbocycles. The molecule has 1 aliphatic heterocycles. The highest BCUT2D eigenvalue weighted by Crippen LogP contribution is 2.13. The van der Waals surface area contributed by atoms with Crippen LogP contribution in [0.3, 0.4) is 0 Å². The molecule has 1 fully saturated rings. The third-order valence-corrected chi connectivity index (χ3v) is 4.25. The van der Waals surface area contributed by atoms with Crippen LogP contribution in [0.25, 0.3) is 0 Å². The van der Waals surface area contributed by atoms with Gasteiger partial charge in [0.1, 0.15) is 5.82 Å². The van der Waals surface area contributed by atoms with Crippen molar-refractivity contribution in [2.75, 3.05) is 42.9 Å². The number of nitrogens with one attached hydrogen (secondary N) is 1. The van der Waals surface area contributed by atoms with Gasteiger partial charge in [-0.3, -0.25) is 4.90 Å². The summed E-state index contributed by atoms with van der Waals surface area (Å²) in [5, 5.41) is 3.34. The minimum absolute atomic E-state index is 0.805. The molecule has 5 heteroatoms. The number of thiocarbonyl (C=S) groups is 1. The molecule has 1 N–H and O–H groups in total. The number of pyridine rings is 1. The molecule has 0 unspecified atom stereocenters. The average Bonchev–Trinajstić information content (AvgIpc) is 2.56. The number of aromatic nitrogens is 1. The number of anilines is 2. The van der Waals surface area contributed by atoms with Crippen LogP contribution < -0.4 is 10.2 Å². The largest absolute Gasteiger partial charge is 0.354 e. The van der Waals surface area contributed by atoms with E-state index < -0.39 is 0 Å². The van der Waals surface area contributed by atoms with Crippen molar-refractivity contribution in [3.05, 3.63) is 54.2 Å². The van der Waals surface area contributed by atoms with Crippen LogP contribution in [0, 0.1) is 6.92 Å². The molecule has 4 nitrogen and oxygen atoms in total. The first kappa shape index (κ1) is 15.9. The van der Waals surface area contributed by atoms with E-state index in [-0.39, 0.29) is 0 Å². The van der Waals surface area contributed by atoms with E-state index in [9.17, 15) is 0 Å². The van der Waals surface area contributed by atoms with E-state index in [0.29, 0.717) is 0 Å². The number of hydrogen-bond acceptors (Lipinski definition) is 4. The summed E-state index contributed by atoms with van der Waals surface area (Å²) in [4.78, 5) is 10.0. The van der Waals surface area contributed by atoms with Gasteiger partial charge in [-0.15, -0.1) is 0 Å². The van der Waals surface area contributed by atoms with Crippen molar-refractivity contribution >= 4 is 28.7 Å². The molecule has 23 heavy (non-hydrogen) atoms. The van der Waals surface area contributed by atoms with Crippen LogP contribution >= 0.6 is 12.2 Å². The third-order valence-electron chi connectivity index (χ3n) is 4.01. The first-order chi connectivity index (χ1) is 11.2. The predicted molar refractivity (Wildman–Crippen MR) is 100 cm³/mol. The van der Waals surface area contributed by atoms with Gasteiger partial charge in [-0.2, -0.15) is 0 Å². The number of rotatable bonds is 4. The quantitative estimate of drug-likeness (QED) is 0.873. The molecule has 3 rings (SSSR count). The maximum atomic E-state index is 5.50. The lowest BCUT2D eigenvalue weighted by atomic mass is 10.2. The van der Waals surface area contributed by atoms with Crippen LogP contribution in [-0.4, -0.2) is 47.6 Å². The molecule has 0 bridgehead atoms. The smallest absolute Gasteiger partial charge is 0.128 e. The summed E-state index contributed by atoms with van der Waals surface area (Å²) in [6.07, 6.45) is 1.85. The molecule has 1 aromatic carbocycles. The Morgan fingerprint density at radius 2 is 1.96 bits per heavy atom. The Morgan fingerprint density at radius 1 is 1.13 bits per heavy atom. The van der Waals surface area contributed by atoms with E-state index in [0.717, 1.165) is 49.2 Å². The van der Waals surface area contributed by atoms with Gasteiger partial charge in [0.2, 0.25) is 0 Å². The molecule has 1 saturated heterocycles. The second-order valence-electron chi connectivity index (χ2n) is 5.87. The monoisotopic (exact) mass is 326 g/mol. The van der Waals surface area contributed by atoms with Crippen molar-refractivity contribution in [2.24, 2.45) is 0 Å². The molecular weight excluding hydrogens is 304 g/mol. The van der Waals surface area contributed by atoms with Gasteiger partial charge in [0, 0.05) is 44.6 Å². The second kappa shape index (κ2) is 7.53. The Bertz CT molecular complexity index is 651. The van der Waals surface area contributed by atoms with Gasteiger partial charge in [-0.05, 0) is 36.8 Å². The first-order valence-corrected chi connectivity index (χ1v) is 8.36. The zero-order valence-corrected chi connectivity index (χ0v) is 14.2. The van der Waals surface area contributed by atoms with Gasteiger partial charge in [0.05, 0.1) is 4.99 Å². The van der Waals surface area contributed by atoms with Gasteiger partial charge in [0.15, 0.2) is 0 Å². The molecule has 1 aromatic heterocycles. The fraction of sp³-hybridized carbons (Fsp3) is 0.333. The Balaban J connectivity index is 1.48. The van der Waals surface area contributed by atoms with Gasteiger partial charge in [-0.25, -0.2) is 4.98 Å². The van der Waals surface area contributed by atoms with Crippen molar-refractivity contribution in [1.29, 1.82) is 0 Å². The summed E-state index contributed by atoms with van der Waals surface area (Å²) in [6.45, 7) is 6.89. The van der Waals surface area contributed by atoms with Gasteiger partial charge in [0.25, 0.3) is 0 Å². The molecule has 2 aromatic rings. The highest BCUT2D eigenvalue weighted by molar-refractivity contribution is 7.80. The Labute approximate surface area is 143 Å². The van der Waals surface area contributed by atoms with Crippen molar-refractivity contribution in [1.82, 2.24) is 9.88 Å². The fourth-order valence-electron chi connectivity index (χ4n) is 2.80. The zero-order valence-electron chi connectivity index (χ0n) is 13.4. The van der Waals surface area contributed by atoms with Crippen LogP contribution in [0.15, 0.2) is 48.7 Å². The van der Waals surface area contributed by atoms with Crippen molar-refractivity contribution in [2.45, 2.75) is 6.92 Å². The van der Waals surface area contributed by atoms with E-state index in [4.69, 9.17) is 12.2 Å². The van der Waals surface area contributed by atoms with Gasteiger partial charge >= 0.3 is 0 Å². The topological polar surface area (TPSA) is 31.4 Å². The summed E-state index contributed by atoms with van der Waals surface area (Å²) in [6, 6.07) is 14.4. The standard InChI is InChI=1S/C18H22N4S/c1-15-5-4-6-16(13-15)20-18(23)14-21-9-11-22(12-10-21)17-7-2-3-8-19-17/h2-8,13H,9-12,14H2,1H3,(H,20,23). The van der Waals surface area contributed by atoms with Crippen LogP contribution in [0.5, 0.6) is 0 Å². The molecule has 0 amide bonds. The highest BCUT2D eigenvalue weighted by Gasteiger charge is 2.18. The van der Waals surface area contributed by atoms with Crippen molar-refractivity contribution < 1.29 is 0 Å². The number of aryl methyl sites for hydroxylation is 1. The lowest BCUT2D eigenvalue weighted by molar-refractivity contribution is 0.292. The van der Waals surface area contributed by atoms with Crippen molar-refractivity contribution in [3.63, 3.8) is 0 Å². The van der Waals surface area contributed by atoms with E-state index in [1.54, 1.807) is 0 Å². The van der Waals surface area contributed by atoms with Crippen LogP contribution in [0.1, 0.15) is 5.56 Å². The Morgan fingerprint density at radius 3 is 2.65 bits per heavy atom. The Kier molecular flexibility index (Phi) is 5.20. The number of hydrogen-bond donors (Lipinski definition) is 1. The molecule has 120 valence electrons. The van der Waals surface area contributed by atoms with Gasteiger partial charge < -0.3 is 10.2 Å². The fourth-order valence-corrected chi connectivity index (χ4v) is 3.10. The molecular formula is C18H22N4S. The number of piperazine rings is 1. The van der Waals surface area contributed by atoms with E-state index in [1.807, 2.05) is 24.4 Å². The number of nitrogens with zero attached hydrogens (tertiary/aromatic N) is 3. The maximum Gasteiger partial charge on any atom is 0.128 e. The first-order valence-electron chi connectivity index (χ1n) is 7.95. The lowest BCUT2D eigenvalue weighted by Gasteiger charge is -2.35. The zero-order chi connectivity index (χ0) is 16.1. The molecule has 0 radical (unpaired) electrons. The molecule has 0 atom stereocenters. The predicted octanol–water partition coefficient (Wildman–Crippen LogP) is 2.95. The lowest BCUT2D eigenvalue weighted by Crippen LogP contribution is -2.48. The highest BCUT2D eigenvalue weighted by atomic mass is 32.1. The van der Waals surface area contributed by atoms with E-state index in [1.165, 1.54) is 5.56 Å². The van der Waals surface area contributed by atoms with Crippen molar-refractivity contribution in [3.8, 4) is 0 Å². The molecule has 0 spiro atoms. The summed E-state index contributed by atoms with van der Waals surface area (Å²) in [5.74, 6) is 1.06. The minimum atomic E-state index is 0.805. The Hall–Kier alpha value is -1.98. The van der Waals surface area contributed by atoms with Crippen LogP contribution in [-0.2, 0) is 0 Å². The van der Waals surface area contributed by atoms with Gasteiger partial charge in [-0.1, -0.05) is 30.4 Å². The summed E-state index contributed by atoms with van der Waals surface area (Å²) in [5.41, 5.74) is 2.31. The summed E-state index contributed by atoms with van der Waals surface area (Å²) < 4.78 is 0.